The fourth-order valence-corrected chi connectivity index (χ4v) is 2.96. The maximum absolute atomic E-state index is 6.38. The van der Waals surface area contributed by atoms with Gasteiger partial charge in [-0.3, -0.25) is 0 Å². The van der Waals surface area contributed by atoms with Gasteiger partial charge in [0.05, 0.1) is 5.38 Å². The molecule has 1 unspecified atom stereocenters. The molecule has 1 saturated heterocycles. The van der Waals surface area contributed by atoms with Gasteiger partial charge in [-0.15, -0.1) is 22.9 Å². The number of hydrogen-bond donors (Lipinski definition) is 0. The van der Waals surface area contributed by atoms with Crippen molar-refractivity contribution in [2.75, 3.05) is 13.2 Å². The van der Waals surface area contributed by atoms with E-state index >= 15 is 0 Å². The van der Waals surface area contributed by atoms with Gasteiger partial charge >= 0.3 is 0 Å². The summed E-state index contributed by atoms with van der Waals surface area (Å²) in [6.45, 7) is 1.75. The fourth-order valence-electron chi connectivity index (χ4n) is 1.69. The predicted octanol–water partition coefficient (Wildman–Crippen LogP) is 3.45. The van der Waals surface area contributed by atoms with Gasteiger partial charge in [-0.25, -0.2) is 0 Å². The first-order valence-corrected chi connectivity index (χ1v) is 5.95. The van der Waals surface area contributed by atoms with Gasteiger partial charge in [0, 0.05) is 18.1 Å². The van der Waals surface area contributed by atoms with E-state index in [-0.39, 0.29) is 5.38 Å². The molecule has 0 aliphatic carbocycles. The SMILES string of the molecule is ClC(c1cccs1)C1CCOCC1. The van der Waals surface area contributed by atoms with E-state index in [1.165, 1.54) is 4.88 Å². The van der Waals surface area contributed by atoms with Gasteiger partial charge in [0.2, 0.25) is 0 Å². The lowest BCUT2D eigenvalue weighted by Crippen LogP contribution is -2.18. The van der Waals surface area contributed by atoms with E-state index < -0.39 is 0 Å². The third-order valence-electron chi connectivity index (χ3n) is 2.49. The Morgan fingerprint density at radius 2 is 2.23 bits per heavy atom. The summed E-state index contributed by atoms with van der Waals surface area (Å²) in [4.78, 5) is 1.30. The lowest BCUT2D eigenvalue weighted by Gasteiger charge is -2.25. The van der Waals surface area contributed by atoms with E-state index in [0.29, 0.717) is 5.92 Å². The summed E-state index contributed by atoms with van der Waals surface area (Å²) in [5.74, 6) is 0.606. The summed E-state index contributed by atoms with van der Waals surface area (Å²) in [6, 6.07) is 4.19. The van der Waals surface area contributed by atoms with E-state index in [1.54, 1.807) is 11.3 Å². The number of hydrogen-bond acceptors (Lipinski definition) is 2. The molecule has 72 valence electrons. The Morgan fingerprint density at radius 3 is 2.85 bits per heavy atom. The summed E-state index contributed by atoms with van der Waals surface area (Å²) < 4.78 is 5.31. The Hall–Kier alpha value is -0.0500. The van der Waals surface area contributed by atoms with Gasteiger partial charge in [-0.1, -0.05) is 6.07 Å². The molecule has 0 saturated carbocycles. The van der Waals surface area contributed by atoms with Crippen LogP contribution in [0.25, 0.3) is 0 Å². The molecule has 0 spiro atoms. The molecule has 0 aromatic carbocycles. The average molecular weight is 217 g/mol. The van der Waals surface area contributed by atoms with E-state index in [2.05, 4.69) is 17.5 Å². The molecule has 0 bridgehead atoms. The molecule has 1 aliphatic rings. The summed E-state index contributed by atoms with van der Waals surface area (Å²) in [6.07, 6.45) is 2.21. The lowest BCUT2D eigenvalue weighted by molar-refractivity contribution is 0.0653. The molecule has 0 amide bonds. The van der Waals surface area contributed by atoms with Crippen molar-refractivity contribution in [2.45, 2.75) is 18.2 Å². The van der Waals surface area contributed by atoms with Crippen LogP contribution in [0.2, 0.25) is 0 Å². The molecule has 1 aromatic heterocycles. The molecule has 0 radical (unpaired) electrons. The first-order valence-electron chi connectivity index (χ1n) is 4.63. The first kappa shape index (κ1) is 9.50. The van der Waals surface area contributed by atoms with Gasteiger partial charge in [-0.2, -0.15) is 0 Å². The Balaban J connectivity index is 1.99. The minimum absolute atomic E-state index is 0.198. The fraction of sp³-hybridized carbons (Fsp3) is 0.600. The Morgan fingerprint density at radius 1 is 1.46 bits per heavy atom. The molecule has 1 nitrogen and oxygen atoms in total. The number of halogens is 1. The molecule has 0 N–H and O–H groups in total. The highest BCUT2D eigenvalue weighted by Gasteiger charge is 2.23. The van der Waals surface area contributed by atoms with E-state index in [4.69, 9.17) is 16.3 Å². The summed E-state index contributed by atoms with van der Waals surface area (Å²) in [5.41, 5.74) is 0. The van der Waals surface area contributed by atoms with Crippen molar-refractivity contribution in [3.05, 3.63) is 22.4 Å². The van der Waals surface area contributed by atoms with Gasteiger partial charge in [0.1, 0.15) is 0 Å². The summed E-state index contributed by atoms with van der Waals surface area (Å²) in [7, 11) is 0. The van der Waals surface area contributed by atoms with Crippen LogP contribution < -0.4 is 0 Å². The van der Waals surface area contributed by atoms with Gasteiger partial charge < -0.3 is 4.74 Å². The Labute approximate surface area is 87.7 Å². The monoisotopic (exact) mass is 216 g/mol. The number of rotatable bonds is 2. The molecule has 2 rings (SSSR count). The lowest BCUT2D eigenvalue weighted by atomic mass is 9.95. The van der Waals surface area contributed by atoms with Crippen molar-refractivity contribution in [1.29, 1.82) is 0 Å². The number of alkyl halides is 1. The van der Waals surface area contributed by atoms with Crippen molar-refractivity contribution >= 4 is 22.9 Å². The average Bonchev–Trinajstić information content (AvgIpc) is 2.71. The largest absolute Gasteiger partial charge is 0.381 e. The molecule has 1 aromatic rings. The topological polar surface area (TPSA) is 9.23 Å². The molecule has 1 aliphatic heterocycles. The first-order chi connectivity index (χ1) is 6.38. The Kier molecular flexibility index (Phi) is 3.25. The molecule has 1 atom stereocenters. The quantitative estimate of drug-likeness (QED) is 0.689. The minimum atomic E-state index is 0.198. The molecule has 1 fully saturated rings. The third kappa shape index (κ3) is 2.25. The highest BCUT2D eigenvalue weighted by atomic mass is 35.5. The van der Waals surface area contributed by atoms with Crippen LogP contribution in [0, 0.1) is 5.92 Å². The van der Waals surface area contributed by atoms with E-state index in [1.807, 2.05) is 0 Å². The van der Waals surface area contributed by atoms with Crippen LogP contribution in [0.5, 0.6) is 0 Å². The minimum Gasteiger partial charge on any atom is -0.381 e. The van der Waals surface area contributed by atoms with Crippen LogP contribution in [0.3, 0.4) is 0 Å². The zero-order valence-electron chi connectivity index (χ0n) is 7.41. The standard InChI is InChI=1S/C10H13ClOS/c11-10(9-2-1-7-13-9)8-3-5-12-6-4-8/h1-2,7-8,10H,3-6H2. The van der Waals surface area contributed by atoms with Crippen LogP contribution in [0.1, 0.15) is 23.1 Å². The number of ether oxygens (including phenoxy) is 1. The smallest absolute Gasteiger partial charge is 0.0708 e. The zero-order chi connectivity index (χ0) is 9.10. The van der Waals surface area contributed by atoms with Crippen LogP contribution in [0.4, 0.5) is 0 Å². The zero-order valence-corrected chi connectivity index (χ0v) is 8.98. The molecule has 3 heteroatoms. The van der Waals surface area contributed by atoms with Crippen LogP contribution in [0.15, 0.2) is 17.5 Å². The molecule has 13 heavy (non-hydrogen) atoms. The van der Waals surface area contributed by atoms with Crippen LogP contribution in [-0.4, -0.2) is 13.2 Å². The van der Waals surface area contributed by atoms with E-state index in [9.17, 15) is 0 Å². The van der Waals surface area contributed by atoms with Crippen molar-refractivity contribution in [1.82, 2.24) is 0 Å². The van der Waals surface area contributed by atoms with Crippen LogP contribution in [-0.2, 0) is 4.74 Å². The number of thiophene rings is 1. The Bertz CT molecular complexity index is 241. The third-order valence-corrected chi connectivity index (χ3v) is 4.17. The summed E-state index contributed by atoms with van der Waals surface area (Å²) in [5, 5.41) is 2.29. The molecule has 2 heterocycles. The highest BCUT2D eigenvalue weighted by Crippen LogP contribution is 2.37. The maximum atomic E-state index is 6.38. The van der Waals surface area contributed by atoms with Gasteiger partial charge in [0.15, 0.2) is 0 Å². The van der Waals surface area contributed by atoms with Gasteiger partial charge in [-0.05, 0) is 30.2 Å². The summed E-state index contributed by atoms with van der Waals surface area (Å²) >= 11 is 8.13. The van der Waals surface area contributed by atoms with Crippen LogP contribution >= 0.6 is 22.9 Å². The molecular formula is C10H13ClOS. The van der Waals surface area contributed by atoms with E-state index in [0.717, 1.165) is 26.1 Å². The van der Waals surface area contributed by atoms with Crippen molar-refractivity contribution in [2.24, 2.45) is 5.92 Å². The van der Waals surface area contributed by atoms with Gasteiger partial charge in [0.25, 0.3) is 0 Å². The second-order valence-corrected chi connectivity index (χ2v) is 4.82. The van der Waals surface area contributed by atoms with Crippen molar-refractivity contribution < 1.29 is 4.74 Å². The predicted molar refractivity (Wildman–Crippen MR) is 56.5 cm³/mol. The van der Waals surface area contributed by atoms with Crippen molar-refractivity contribution in [3.8, 4) is 0 Å². The second-order valence-electron chi connectivity index (χ2n) is 3.37. The maximum Gasteiger partial charge on any atom is 0.0708 e. The second kappa shape index (κ2) is 4.45. The molecular weight excluding hydrogens is 204 g/mol. The normalized spacial score (nSPS) is 21.6. The van der Waals surface area contributed by atoms with Crippen molar-refractivity contribution in [3.63, 3.8) is 0 Å². The highest BCUT2D eigenvalue weighted by molar-refractivity contribution is 7.10.